The van der Waals surface area contributed by atoms with E-state index in [2.05, 4.69) is 13.4 Å². The Labute approximate surface area is 741 Å². The summed E-state index contributed by atoms with van der Waals surface area (Å²) in [4.78, 5) is 64.9. The molecule has 0 aromatic heterocycles. The molecule has 0 bridgehead atoms. The van der Waals surface area contributed by atoms with Crippen LogP contribution in [0, 0.1) is 0 Å². The second-order valence-corrected chi connectivity index (χ2v) is 36.8. The second-order valence-electron chi connectivity index (χ2n) is 31.1. The summed E-state index contributed by atoms with van der Waals surface area (Å²) in [6.07, 6.45) is -125. The Bertz CT molecular complexity index is 3730. The number of carbonyl (C=O) groups is 1. The zero-order valence-corrected chi connectivity index (χ0v) is 71.6. The van der Waals surface area contributed by atoms with Gasteiger partial charge in [-0.3, -0.25) is 22.6 Å². The largest absolute Gasteiger partial charge is 0.481 e. The van der Waals surface area contributed by atoms with Crippen LogP contribution in [0.2, 0.25) is 0 Å². The van der Waals surface area contributed by atoms with Crippen LogP contribution in [0.3, 0.4) is 0 Å². The second kappa shape index (κ2) is 48.4. The molecule has 51 atom stereocenters. The fraction of sp³-hybridized carbons (Fsp3) is 0.984. The third-order valence-corrected chi connectivity index (χ3v) is 26.2. The van der Waals surface area contributed by atoms with E-state index in [0.717, 1.165) is 0 Å². The molecule has 9 saturated heterocycles. The van der Waals surface area contributed by atoms with Crippen LogP contribution in [0.4, 0.5) is 0 Å². The molecule has 9 aliphatic rings. The molecule has 0 saturated carbocycles. The summed E-state index contributed by atoms with van der Waals surface area (Å²) in [5.41, 5.74) is 10.8. The van der Waals surface area contributed by atoms with Crippen molar-refractivity contribution in [1.82, 2.24) is 0 Å². The first kappa shape index (κ1) is 114. The Hall–Kier alpha value is -1.97. The van der Waals surface area contributed by atoms with E-state index in [4.69, 9.17) is 106 Å². The van der Waals surface area contributed by atoms with Crippen molar-refractivity contribution >= 4 is 37.3 Å². The topological polar surface area (TPSA) is 1060 Å². The van der Waals surface area contributed by atoms with Crippen LogP contribution in [0.25, 0.3) is 0 Å². The minimum Gasteiger partial charge on any atom is -0.477 e. The molecule has 39 N–H and O–H groups in total. The van der Waals surface area contributed by atoms with Crippen LogP contribution >= 0.6 is 31.3 Å². The average Bonchev–Trinajstić information content (AvgIpc) is 0.745. The molecule has 0 amide bonds. The van der Waals surface area contributed by atoms with Crippen LogP contribution in [0.5, 0.6) is 0 Å². The van der Waals surface area contributed by atoms with Gasteiger partial charge in [-0.2, -0.15) is 4.31 Å². The summed E-state index contributed by atoms with van der Waals surface area (Å²) < 4.78 is 181. The quantitative estimate of drug-likeness (QED) is 0.0252. The Morgan fingerprint density at radius 2 is 0.705 bits per heavy atom. The number of phosphoric ester groups is 4. The maximum absolute atomic E-state index is 13.9. The summed E-state index contributed by atoms with van der Waals surface area (Å²) in [6, 6.07) is 0. The predicted octanol–water partition coefficient (Wildman–Crippen LogP) is -22.3. The van der Waals surface area contributed by atoms with Gasteiger partial charge in [-0.15, -0.1) is 0 Å². The molecule has 0 aliphatic carbocycles. The monoisotopic (exact) mass is 2030 g/mol. The highest BCUT2D eigenvalue weighted by molar-refractivity contribution is 7.61. The lowest BCUT2D eigenvalue weighted by atomic mass is 9.91. The van der Waals surface area contributed by atoms with Gasteiger partial charge < -0.3 is 270 Å². The summed E-state index contributed by atoms with van der Waals surface area (Å²) >= 11 is 0. The highest BCUT2D eigenvalue weighted by Crippen LogP contribution is 2.62. The summed E-state index contributed by atoms with van der Waals surface area (Å²) in [6.45, 7) is -16.1. The molecule has 0 radical (unpaired) electrons. The molecule has 0 aromatic rings. The first-order valence-electron chi connectivity index (χ1n) is 39.8. The highest BCUT2D eigenvalue weighted by atomic mass is 31.3. The zero-order chi connectivity index (χ0) is 98.4. The number of hydrogen-bond donors (Lipinski definition) is 37. The Morgan fingerprint density at radius 1 is 0.348 bits per heavy atom. The van der Waals surface area contributed by atoms with Crippen molar-refractivity contribution in [2.24, 2.45) is 11.5 Å². The lowest BCUT2D eigenvalue weighted by Gasteiger charge is -2.53. The van der Waals surface area contributed by atoms with E-state index in [-0.39, 0.29) is 0 Å². The molecule has 132 heavy (non-hydrogen) atoms. The lowest BCUT2D eigenvalue weighted by Crippen LogP contribution is -2.71. The first-order valence-corrected chi connectivity index (χ1v) is 45.9. The molecule has 3 unspecified atom stereocenters. The fourth-order valence-electron chi connectivity index (χ4n) is 15.2. The molecule has 69 heteroatoms. The molecule has 0 aromatic carbocycles. The van der Waals surface area contributed by atoms with Gasteiger partial charge in [0.15, 0.2) is 50.3 Å². The standard InChI is InChI=1S/C63H114N2O63P4/c64-1-3-106-130(100,101)127-23(13-73)47-40(92)49(120-56-37(89)30(82)27(79)24(113-56)14-108-129(97,98)99)53(124-60-51(32(84)31(83)42(114-60)15(74)6-66)122-58-39(91)34(86)46(22(12-72)112-58)117-57-38(90)33(85)45(21(11-71)111-57)116-54-35(87)28(80)25(77)19(9-69)109-54)61(118-47)121-50-41(93)59(115-43(16(75)7-67)52(50)123-55-36(88)29(81)26(78)20(10-70)110-55)119-48-18(126-132(104,105)128-131(102,103)107-4-2-65)5-63(96,62(94)95)125-44(48)17(76)8-68/h15-61,66-93,96H,1-14,64-65H2,(H,94,95)(H,100,101)(H,102,103)(H,104,105)(H2,97,98,99)/t15-,16-,17+,18+,19+,20+,21+,22+,23-,24+,25-,26+,27+,28-,29-,30-,31-,32-,33+,34+,35+,36+,37+,38+,39+,40+,41-,42+,43+,44+,45-,46+,47+,48+,49-,50+,51-,52+,53-,54+,55-,56+,57-,58-,59+,60+,61+,63+/m0/s1. The van der Waals surface area contributed by atoms with Gasteiger partial charge in [-0.1, -0.05) is 0 Å². The Morgan fingerprint density at radius 3 is 1.16 bits per heavy atom. The van der Waals surface area contributed by atoms with Gasteiger partial charge in [0.1, 0.15) is 238 Å². The number of nitrogens with two attached hydrogens (primary N) is 2. The number of aliphatic carboxylic acids is 1. The summed E-state index contributed by atoms with van der Waals surface area (Å²) in [7, 11) is -23.8. The minimum absolute atomic E-state index is 0.590. The van der Waals surface area contributed by atoms with Crippen LogP contribution < -0.4 is 11.5 Å². The number of aliphatic hydroxyl groups excluding tert-OH is 28. The van der Waals surface area contributed by atoms with Crippen molar-refractivity contribution in [1.29, 1.82) is 0 Å². The van der Waals surface area contributed by atoms with E-state index in [9.17, 15) is 201 Å². The normalized spacial score (nSPS) is 46.1. The molecule has 774 valence electrons. The maximum Gasteiger partial charge on any atom is 0.481 e. The SMILES string of the molecule is NCCOP(=O)(O)O[C@@H](CO)[C@H]1O[C@H](O[C@@H]2[C@H](O)[C@@H](O[C@H]3[C@@H]([C@H](O)CO)O[C@@](O)(C(=O)O)C[C@H]3OP(=O)(O)OP(=O)(O)OCCN)O[C@H]([C@@H](O)CO)[C@H]2O[C@@H]2O[C@H](CO)[C@@H](O)[C@H](O)[C@H]2O)[C@@H](O[C@H]2O[C@H]([C@@H](O)CO)[C@@H](O)[C@H](O)[C@@H]2O[C@@H]2O[C@H](CO)[C@@H](O[C@@H]3O[C@H](CO)[C@H](O[C@H]4O[C@H](CO)[C@H](O)[C@H](O)[C@H]4O)[C@H](O)[C@H]3O)[C@H](O)[C@H]2O)[C@@H](O[C@H]2O[C@H](COP(=O)(O)O)[C@@H](O)[C@H](O)[C@H]2O)[C@@H]1O. The maximum atomic E-state index is 13.9. The van der Waals surface area contributed by atoms with Gasteiger partial charge >= 0.3 is 37.3 Å². The molecule has 9 rings (SSSR count). The van der Waals surface area contributed by atoms with Crippen molar-refractivity contribution in [3.63, 3.8) is 0 Å². The molecular formula is C63H114N2O63P4. The van der Waals surface area contributed by atoms with E-state index < -0.39 is 424 Å². The van der Waals surface area contributed by atoms with Crippen LogP contribution in [0.1, 0.15) is 6.42 Å². The molecule has 9 heterocycles. The number of aliphatic hydroxyl groups is 29. The Balaban J connectivity index is 1.22. The van der Waals surface area contributed by atoms with E-state index >= 15 is 0 Å². The van der Waals surface area contributed by atoms with E-state index in [1.54, 1.807) is 0 Å². The van der Waals surface area contributed by atoms with Crippen LogP contribution in [-0.4, -0.2) is 564 Å². The number of carboxylic acids is 1. The molecule has 65 nitrogen and oxygen atoms in total. The van der Waals surface area contributed by atoms with Gasteiger partial charge in [0.25, 0.3) is 5.79 Å². The van der Waals surface area contributed by atoms with Crippen molar-refractivity contribution in [2.75, 3.05) is 85.8 Å². The number of hydrogen-bond acceptors (Lipinski definition) is 59. The Kier molecular flexibility index (Phi) is 41.7. The first-order chi connectivity index (χ1) is 61.8. The smallest absolute Gasteiger partial charge is 0.477 e. The molecule has 0 spiro atoms. The van der Waals surface area contributed by atoms with Crippen molar-refractivity contribution in [3.05, 3.63) is 0 Å². The van der Waals surface area contributed by atoms with Crippen LogP contribution in [0.15, 0.2) is 0 Å². The van der Waals surface area contributed by atoms with Crippen molar-refractivity contribution in [2.45, 2.75) is 301 Å². The van der Waals surface area contributed by atoms with Crippen molar-refractivity contribution in [3.8, 4) is 0 Å². The van der Waals surface area contributed by atoms with Gasteiger partial charge in [0, 0.05) is 19.5 Å². The van der Waals surface area contributed by atoms with E-state index in [1.165, 1.54) is 0 Å². The third kappa shape index (κ3) is 26.7. The summed E-state index contributed by atoms with van der Waals surface area (Å²) in [5, 5.41) is 338. The third-order valence-electron chi connectivity index (χ3n) is 22.0. The number of rotatable bonds is 44. The van der Waals surface area contributed by atoms with Gasteiger partial charge in [-0.05, 0) is 0 Å². The summed E-state index contributed by atoms with van der Waals surface area (Å²) in [5.74, 6) is -6.32. The number of carboxylic acid groups (broad SMARTS) is 1. The predicted molar refractivity (Wildman–Crippen MR) is 395 cm³/mol. The fourth-order valence-corrected chi connectivity index (χ4v) is 18.7. The lowest BCUT2D eigenvalue weighted by molar-refractivity contribution is -0.428. The van der Waals surface area contributed by atoms with Gasteiger partial charge in [0.2, 0.25) is 0 Å². The van der Waals surface area contributed by atoms with E-state index in [0.29, 0.717) is 0 Å². The minimum atomic E-state index is -6.46. The number of phosphoric acid groups is 4. The van der Waals surface area contributed by atoms with E-state index in [1.807, 2.05) is 0 Å². The van der Waals surface area contributed by atoms with Crippen LogP contribution in [-0.2, 0) is 131 Å². The van der Waals surface area contributed by atoms with Gasteiger partial charge in [0.05, 0.1) is 72.7 Å². The average molecular weight is 2030 g/mol. The molecule has 9 aliphatic heterocycles. The molecule has 9 fully saturated rings. The number of ether oxygens (including phenoxy) is 17. The molecular weight excluding hydrogens is 1920 g/mol. The van der Waals surface area contributed by atoms with Crippen molar-refractivity contribution < 1.29 is 308 Å². The van der Waals surface area contributed by atoms with Gasteiger partial charge in [-0.25, -0.2) is 23.1 Å². The zero-order valence-electron chi connectivity index (χ0n) is 68.1. The highest BCUT2D eigenvalue weighted by Gasteiger charge is 2.65.